The van der Waals surface area contributed by atoms with Crippen LogP contribution in [-0.4, -0.2) is 13.2 Å². The van der Waals surface area contributed by atoms with Crippen molar-refractivity contribution < 1.29 is 9.47 Å². The molecule has 0 amide bonds. The molecule has 1 aromatic carbocycles. The molecule has 0 aliphatic heterocycles. The lowest BCUT2D eigenvalue weighted by molar-refractivity contribution is 0.287. The van der Waals surface area contributed by atoms with Crippen molar-refractivity contribution in [2.24, 2.45) is 0 Å². The van der Waals surface area contributed by atoms with Gasteiger partial charge in [-0.25, -0.2) is 0 Å². The first kappa shape index (κ1) is 16.7. The number of halogens is 1. The van der Waals surface area contributed by atoms with Crippen LogP contribution in [0.1, 0.15) is 51.5 Å². The molecular weight excluding hydrogens is 272 g/mol. The van der Waals surface area contributed by atoms with E-state index in [1.54, 1.807) is 0 Å². The number of hydrogen-bond donors (Lipinski definition) is 0. The van der Waals surface area contributed by atoms with Gasteiger partial charge in [-0.15, -0.1) is 12.3 Å². The lowest BCUT2D eigenvalue weighted by Gasteiger charge is -2.19. The lowest BCUT2D eigenvalue weighted by atomic mass is 9.91. The molecule has 1 rings (SSSR count). The molecule has 0 fully saturated rings. The van der Waals surface area contributed by atoms with Gasteiger partial charge in [0, 0.05) is 17.5 Å². The van der Waals surface area contributed by atoms with E-state index in [-0.39, 0.29) is 5.92 Å². The SMILES string of the molecule is C#CCC(CCC)c1cc(OCC)c(OCC)cc1Cl. The molecule has 0 aliphatic carbocycles. The molecule has 1 atom stereocenters. The van der Waals surface area contributed by atoms with Crippen molar-refractivity contribution in [1.29, 1.82) is 0 Å². The summed E-state index contributed by atoms with van der Waals surface area (Å²) < 4.78 is 11.2. The third-order valence-corrected chi connectivity index (χ3v) is 3.43. The Morgan fingerprint density at radius 1 is 1.15 bits per heavy atom. The van der Waals surface area contributed by atoms with Crippen molar-refractivity contribution in [2.45, 2.75) is 46.0 Å². The highest BCUT2D eigenvalue weighted by Gasteiger charge is 2.17. The first-order chi connectivity index (χ1) is 9.67. The fourth-order valence-electron chi connectivity index (χ4n) is 2.26. The van der Waals surface area contributed by atoms with Crippen molar-refractivity contribution in [1.82, 2.24) is 0 Å². The van der Waals surface area contributed by atoms with Crippen LogP contribution in [0.4, 0.5) is 0 Å². The second-order valence-corrected chi connectivity index (χ2v) is 4.99. The predicted molar refractivity (Wildman–Crippen MR) is 84.9 cm³/mol. The smallest absolute Gasteiger partial charge is 0.162 e. The summed E-state index contributed by atoms with van der Waals surface area (Å²) in [5.41, 5.74) is 1.05. The van der Waals surface area contributed by atoms with E-state index in [1.807, 2.05) is 26.0 Å². The fraction of sp³-hybridized carbons (Fsp3) is 0.529. The van der Waals surface area contributed by atoms with Crippen LogP contribution in [0.15, 0.2) is 12.1 Å². The summed E-state index contributed by atoms with van der Waals surface area (Å²) in [6.45, 7) is 7.22. The third-order valence-electron chi connectivity index (χ3n) is 3.10. The highest BCUT2D eigenvalue weighted by Crippen LogP contribution is 2.39. The maximum absolute atomic E-state index is 6.40. The van der Waals surface area contributed by atoms with Crippen molar-refractivity contribution >= 4 is 11.6 Å². The maximum Gasteiger partial charge on any atom is 0.162 e. The van der Waals surface area contributed by atoms with Gasteiger partial charge < -0.3 is 9.47 Å². The average Bonchev–Trinajstić information content (AvgIpc) is 2.42. The van der Waals surface area contributed by atoms with Gasteiger partial charge in [0.05, 0.1) is 13.2 Å². The summed E-state index contributed by atoms with van der Waals surface area (Å²) in [4.78, 5) is 0. The van der Waals surface area contributed by atoms with Gasteiger partial charge in [-0.2, -0.15) is 0 Å². The van der Waals surface area contributed by atoms with Crippen molar-refractivity contribution in [2.75, 3.05) is 13.2 Å². The van der Waals surface area contributed by atoms with Crippen LogP contribution in [0, 0.1) is 12.3 Å². The van der Waals surface area contributed by atoms with Crippen LogP contribution in [0.2, 0.25) is 5.02 Å². The number of rotatable bonds is 8. The summed E-state index contributed by atoms with van der Waals surface area (Å²) >= 11 is 6.40. The largest absolute Gasteiger partial charge is 0.490 e. The summed E-state index contributed by atoms with van der Waals surface area (Å²) in [5, 5.41) is 0.700. The van der Waals surface area contributed by atoms with Gasteiger partial charge in [-0.05, 0) is 37.8 Å². The van der Waals surface area contributed by atoms with E-state index in [9.17, 15) is 0 Å². The molecule has 110 valence electrons. The highest BCUT2D eigenvalue weighted by molar-refractivity contribution is 6.31. The minimum Gasteiger partial charge on any atom is -0.490 e. The number of terminal acetylenes is 1. The minimum atomic E-state index is 0.271. The molecular formula is C17H23ClO2. The molecule has 0 radical (unpaired) electrons. The summed E-state index contributed by atoms with van der Waals surface area (Å²) in [7, 11) is 0. The van der Waals surface area contributed by atoms with E-state index >= 15 is 0 Å². The molecule has 0 spiro atoms. The van der Waals surface area contributed by atoms with E-state index in [1.165, 1.54) is 0 Å². The van der Waals surface area contributed by atoms with E-state index < -0.39 is 0 Å². The Kier molecular flexibility index (Phi) is 7.33. The van der Waals surface area contributed by atoms with Gasteiger partial charge in [-0.3, -0.25) is 0 Å². The molecule has 2 nitrogen and oxygen atoms in total. The molecule has 3 heteroatoms. The van der Waals surface area contributed by atoms with Crippen molar-refractivity contribution in [3.63, 3.8) is 0 Å². The van der Waals surface area contributed by atoms with Gasteiger partial charge >= 0.3 is 0 Å². The standard InChI is InChI=1S/C17H23ClO2/c1-5-9-13(10-6-2)14-11-16(19-7-3)17(20-8-4)12-15(14)18/h1,11-13H,6-10H2,2-4H3. The molecule has 20 heavy (non-hydrogen) atoms. The number of hydrogen-bond acceptors (Lipinski definition) is 2. The molecule has 0 aliphatic rings. The van der Waals surface area contributed by atoms with Crippen LogP contribution >= 0.6 is 11.6 Å². The Bertz CT molecular complexity index is 463. The zero-order chi connectivity index (χ0) is 15.0. The first-order valence-electron chi connectivity index (χ1n) is 7.20. The lowest BCUT2D eigenvalue weighted by Crippen LogP contribution is -2.03. The third kappa shape index (κ3) is 4.35. The summed E-state index contributed by atoms with van der Waals surface area (Å²) in [6, 6.07) is 3.82. The van der Waals surface area contributed by atoms with E-state index in [0.29, 0.717) is 30.4 Å². The second kappa shape index (κ2) is 8.76. The Morgan fingerprint density at radius 2 is 1.75 bits per heavy atom. The van der Waals surface area contributed by atoms with Gasteiger partial charge in [0.1, 0.15) is 0 Å². The Labute approximate surface area is 127 Å². The normalized spacial score (nSPS) is 11.8. The summed E-state index contributed by atoms with van der Waals surface area (Å²) in [6.07, 6.45) is 8.25. The highest BCUT2D eigenvalue weighted by atomic mass is 35.5. The predicted octanol–water partition coefficient (Wildman–Crippen LogP) is 5.04. The van der Waals surface area contributed by atoms with Gasteiger partial charge in [0.25, 0.3) is 0 Å². The number of benzene rings is 1. The van der Waals surface area contributed by atoms with E-state index in [2.05, 4.69) is 12.8 Å². The first-order valence-corrected chi connectivity index (χ1v) is 7.58. The fourth-order valence-corrected chi connectivity index (χ4v) is 2.57. The summed E-state index contributed by atoms with van der Waals surface area (Å²) in [5.74, 6) is 4.45. The van der Waals surface area contributed by atoms with Crippen LogP contribution < -0.4 is 9.47 Å². The zero-order valence-corrected chi connectivity index (χ0v) is 13.3. The Morgan fingerprint density at radius 3 is 2.25 bits per heavy atom. The molecule has 0 bridgehead atoms. The van der Waals surface area contributed by atoms with Crippen molar-refractivity contribution in [3.05, 3.63) is 22.7 Å². The molecule has 1 unspecified atom stereocenters. The van der Waals surface area contributed by atoms with Crippen LogP contribution in [0.5, 0.6) is 11.5 Å². The Hall–Kier alpha value is -1.33. The molecule has 0 N–H and O–H groups in total. The molecule has 0 saturated carbocycles. The Balaban J connectivity index is 3.18. The second-order valence-electron chi connectivity index (χ2n) is 4.58. The molecule has 1 aromatic rings. The molecule has 0 aromatic heterocycles. The monoisotopic (exact) mass is 294 g/mol. The van der Waals surface area contributed by atoms with E-state index in [4.69, 9.17) is 27.5 Å². The number of ether oxygens (including phenoxy) is 2. The van der Waals surface area contributed by atoms with Gasteiger partial charge in [0.2, 0.25) is 0 Å². The van der Waals surface area contributed by atoms with Crippen LogP contribution in [0.25, 0.3) is 0 Å². The van der Waals surface area contributed by atoms with Crippen molar-refractivity contribution in [3.8, 4) is 23.8 Å². The molecule has 0 heterocycles. The van der Waals surface area contributed by atoms with Gasteiger partial charge in [0.15, 0.2) is 11.5 Å². The van der Waals surface area contributed by atoms with Crippen LogP contribution in [0.3, 0.4) is 0 Å². The average molecular weight is 295 g/mol. The zero-order valence-electron chi connectivity index (χ0n) is 12.5. The van der Waals surface area contributed by atoms with E-state index in [0.717, 1.165) is 24.2 Å². The van der Waals surface area contributed by atoms with Crippen LogP contribution in [-0.2, 0) is 0 Å². The van der Waals surface area contributed by atoms with Gasteiger partial charge in [-0.1, -0.05) is 24.9 Å². The molecule has 0 saturated heterocycles. The topological polar surface area (TPSA) is 18.5 Å². The minimum absolute atomic E-state index is 0.271. The quantitative estimate of drug-likeness (QED) is 0.625. The maximum atomic E-state index is 6.40.